The summed E-state index contributed by atoms with van der Waals surface area (Å²) in [5.41, 5.74) is 2.92. The van der Waals surface area contributed by atoms with Crippen LogP contribution >= 0.6 is 0 Å². The van der Waals surface area contributed by atoms with Crippen LogP contribution in [0.4, 0.5) is 0 Å². The summed E-state index contributed by atoms with van der Waals surface area (Å²) in [7, 11) is 0. The molecule has 2 N–H and O–H groups in total. The first-order chi connectivity index (χ1) is 14.0. The Labute approximate surface area is 170 Å². The zero-order chi connectivity index (χ0) is 20.6. The Morgan fingerprint density at radius 1 is 0.966 bits per heavy atom. The molecule has 3 rings (SSSR count). The summed E-state index contributed by atoms with van der Waals surface area (Å²) >= 11 is 0. The van der Waals surface area contributed by atoms with E-state index in [0.717, 1.165) is 11.1 Å². The third kappa shape index (κ3) is 5.69. The maximum absolute atomic E-state index is 12.4. The van der Waals surface area contributed by atoms with Crippen LogP contribution in [0.1, 0.15) is 33.1 Å². The number of aryl methyl sites for hydroxylation is 1. The van der Waals surface area contributed by atoms with Gasteiger partial charge < -0.3 is 15.2 Å². The smallest absolute Gasteiger partial charge is 0.338 e. The maximum Gasteiger partial charge on any atom is 0.338 e. The van der Waals surface area contributed by atoms with Gasteiger partial charge >= 0.3 is 5.97 Å². The fraction of sp³-hybridized carbons (Fsp3) is 0.167. The number of phenols is 1. The summed E-state index contributed by atoms with van der Waals surface area (Å²) in [6, 6.07) is 23.8. The van der Waals surface area contributed by atoms with Crippen molar-refractivity contribution in [2.24, 2.45) is 0 Å². The predicted octanol–water partition coefficient (Wildman–Crippen LogP) is 3.96. The molecule has 0 spiro atoms. The normalized spacial score (nSPS) is 11.5. The molecule has 1 amide bonds. The van der Waals surface area contributed by atoms with E-state index in [2.05, 4.69) is 5.32 Å². The van der Waals surface area contributed by atoms with Crippen LogP contribution in [0.2, 0.25) is 0 Å². The standard InChI is InChI=1S/C24H23NO4/c1-17-12-13-20(15-22(17)26)24(28)29-16-23(27)25-21(19-10-6-3-7-11-19)14-18-8-4-2-5-9-18/h2-13,15,21,26H,14,16H2,1H3,(H,25,27). The third-order valence-electron chi connectivity index (χ3n) is 4.60. The van der Waals surface area contributed by atoms with Gasteiger partial charge in [-0.2, -0.15) is 0 Å². The Morgan fingerprint density at radius 3 is 2.28 bits per heavy atom. The van der Waals surface area contributed by atoms with E-state index < -0.39 is 12.6 Å². The van der Waals surface area contributed by atoms with Gasteiger partial charge in [0.25, 0.3) is 5.91 Å². The molecule has 5 heteroatoms. The Morgan fingerprint density at radius 2 is 1.62 bits per heavy atom. The Kier molecular flexibility index (Phi) is 6.63. The van der Waals surface area contributed by atoms with Gasteiger partial charge in [0.2, 0.25) is 0 Å². The summed E-state index contributed by atoms with van der Waals surface area (Å²) in [5, 5.41) is 12.7. The number of carbonyl (C=O) groups is 2. The number of nitrogens with one attached hydrogen (secondary N) is 1. The molecule has 3 aromatic rings. The van der Waals surface area contributed by atoms with Crippen molar-refractivity contribution in [2.45, 2.75) is 19.4 Å². The first-order valence-corrected chi connectivity index (χ1v) is 9.38. The van der Waals surface area contributed by atoms with Gasteiger partial charge in [0.1, 0.15) is 5.75 Å². The Balaban J connectivity index is 1.63. The second-order valence-electron chi connectivity index (χ2n) is 6.80. The number of phenolic OH excluding ortho intramolecular Hbond substituents is 1. The lowest BCUT2D eigenvalue weighted by atomic mass is 9.99. The molecule has 3 aromatic carbocycles. The first-order valence-electron chi connectivity index (χ1n) is 9.38. The van der Waals surface area contributed by atoms with Gasteiger partial charge in [0, 0.05) is 0 Å². The van der Waals surface area contributed by atoms with Crippen LogP contribution in [0.25, 0.3) is 0 Å². The summed E-state index contributed by atoms with van der Waals surface area (Å²) < 4.78 is 5.11. The van der Waals surface area contributed by atoms with E-state index in [-0.39, 0.29) is 23.3 Å². The number of hydrogen-bond acceptors (Lipinski definition) is 4. The zero-order valence-corrected chi connectivity index (χ0v) is 16.2. The fourth-order valence-corrected chi connectivity index (χ4v) is 2.97. The SMILES string of the molecule is Cc1ccc(C(=O)OCC(=O)NC(Cc2ccccc2)c2ccccc2)cc1O. The van der Waals surface area contributed by atoms with Gasteiger partial charge in [0.15, 0.2) is 6.61 Å². The molecular formula is C24H23NO4. The van der Waals surface area contributed by atoms with Gasteiger partial charge in [-0.15, -0.1) is 0 Å². The average Bonchev–Trinajstić information content (AvgIpc) is 2.75. The molecule has 0 saturated heterocycles. The van der Waals surface area contributed by atoms with Crippen LogP contribution in [0.5, 0.6) is 5.75 Å². The Hall–Kier alpha value is -3.60. The van der Waals surface area contributed by atoms with Crippen molar-refractivity contribution in [1.82, 2.24) is 5.32 Å². The number of esters is 1. The van der Waals surface area contributed by atoms with Gasteiger partial charge in [-0.05, 0) is 42.2 Å². The van der Waals surface area contributed by atoms with Crippen molar-refractivity contribution in [3.8, 4) is 5.75 Å². The van der Waals surface area contributed by atoms with E-state index in [1.807, 2.05) is 60.7 Å². The molecule has 0 fully saturated rings. The van der Waals surface area contributed by atoms with E-state index >= 15 is 0 Å². The molecule has 148 valence electrons. The number of hydrogen-bond donors (Lipinski definition) is 2. The topological polar surface area (TPSA) is 75.6 Å². The van der Waals surface area contributed by atoms with E-state index in [1.54, 1.807) is 19.1 Å². The molecule has 1 atom stereocenters. The maximum atomic E-state index is 12.4. The van der Waals surface area contributed by atoms with E-state index in [9.17, 15) is 14.7 Å². The van der Waals surface area contributed by atoms with Crippen molar-refractivity contribution >= 4 is 11.9 Å². The molecule has 0 aliphatic heterocycles. The van der Waals surface area contributed by atoms with Crippen LogP contribution in [-0.2, 0) is 16.0 Å². The van der Waals surface area contributed by atoms with Crippen LogP contribution in [0.15, 0.2) is 78.9 Å². The second-order valence-corrected chi connectivity index (χ2v) is 6.80. The molecule has 29 heavy (non-hydrogen) atoms. The monoisotopic (exact) mass is 389 g/mol. The van der Waals surface area contributed by atoms with Crippen LogP contribution in [0.3, 0.4) is 0 Å². The summed E-state index contributed by atoms with van der Waals surface area (Å²) in [6.45, 7) is 1.33. The number of benzene rings is 3. The third-order valence-corrected chi connectivity index (χ3v) is 4.60. The van der Waals surface area contributed by atoms with Crippen LogP contribution < -0.4 is 5.32 Å². The van der Waals surface area contributed by atoms with E-state index in [1.165, 1.54) is 6.07 Å². The van der Waals surface area contributed by atoms with E-state index in [4.69, 9.17) is 4.74 Å². The molecular weight excluding hydrogens is 366 g/mol. The molecule has 1 unspecified atom stereocenters. The number of ether oxygens (including phenoxy) is 1. The molecule has 5 nitrogen and oxygen atoms in total. The highest BCUT2D eigenvalue weighted by Gasteiger charge is 2.17. The van der Waals surface area contributed by atoms with Crippen molar-refractivity contribution in [2.75, 3.05) is 6.61 Å². The van der Waals surface area contributed by atoms with Crippen LogP contribution in [0, 0.1) is 6.92 Å². The number of aromatic hydroxyl groups is 1. The fourth-order valence-electron chi connectivity index (χ4n) is 2.97. The lowest BCUT2D eigenvalue weighted by molar-refractivity contribution is -0.125. The quantitative estimate of drug-likeness (QED) is 0.600. The minimum atomic E-state index is -0.658. The average molecular weight is 389 g/mol. The minimum absolute atomic E-state index is 0.0101. The van der Waals surface area contributed by atoms with Gasteiger partial charge in [-0.3, -0.25) is 4.79 Å². The second kappa shape index (κ2) is 9.55. The number of carbonyl (C=O) groups excluding carboxylic acids is 2. The van der Waals surface area contributed by atoms with Crippen molar-refractivity contribution in [1.29, 1.82) is 0 Å². The van der Waals surface area contributed by atoms with Crippen LogP contribution in [-0.4, -0.2) is 23.6 Å². The molecule has 0 aliphatic carbocycles. The molecule has 0 aliphatic rings. The number of rotatable bonds is 7. The lowest BCUT2D eigenvalue weighted by Crippen LogP contribution is -2.33. The minimum Gasteiger partial charge on any atom is -0.508 e. The molecule has 0 aromatic heterocycles. The summed E-state index contributed by atoms with van der Waals surface area (Å²) in [5.74, 6) is -1.04. The van der Waals surface area contributed by atoms with Gasteiger partial charge in [-0.25, -0.2) is 4.79 Å². The number of amides is 1. The summed E-state index contributed by atoms with van der Waals surface area (Å²) in [6.07, 6.45) is 0.621. The molecule has 0 saturated carbocycles. The molecule has 0 radical (unpaired) electrons. The van der Waals surface area contributed by atoms with Crippen molar-refractivity contribution in [3.63, 3.8) is 0 Å². The molecule has 0 heterocycles. The highest BCUT2D eigenvalue weighted by atomic mass is 16.5. The largest absolute Gasteiger partial charge is 0.508 e. The molecule has 0 bridgehead atoms. The van der Waals surface area contributed by atoms with Crippen molar-refractivity contribution < 1.29 is 19.4 Å². The van der Waals surface area contributed by atoms with Gasteiger partial charge in [0.05, 0.1) is 11.6 Å². The zero-order valence-electron chi connectivity index (χ0n) is 16.2. The lowest BCUT2D eigenvalue weighted by Gasteiger charge is -2.19. The first kappa shape index (κ1) is 20.1. The summed E-state index contributed by atoms with van der Waals surface area (Å²) in [4.78, 5) is 24.6. The predicted molar refractivity (Wildman–Crippen MR) is 111 cm³/mol. The van der Waals surface area contributed by atoms with Crippen molar-refractivity contribution in [3.05, 3.63) is 101 Å². The Bertz CT molecular complexity index is 971. The highest BCUT2D eigenvalue weighted by Crippen LogP contribution is 2.19. The highest BCUT2D eigenvalue weighted by molar-refractivity contribution is 5.91. The van der Waals surface area contributed by atoms with Gasteiger partial charge in [-0.1, -0.05) is 66.7 Å². The van der Waals surface area contributed by atoms with E-state index in [0.29, 0.717) is 12.0 Å².